The van der Waals surface area contributed by atoms with Gasteiger partial charge in [0.1, 0.15) is 11.1 Å². The molecule has 1 aromatic rings. The lowest BCUT2D eigenvalue weighted by atomic mass is 10.4. The predicted octanol–water partition coefficient (Wildman–Crippen LogP) is 0.219. The van der Waals surface area contributed by atoms with Crippen LogP contribution in [-0.2, 0) is 14.8 Å². The lowest BCUT2D eigenvalue weighted by Gasteiger charge is -2.15. The van der Waals surface area contributed by atoms with Crippen molar-refractivity contribution in [1.29, 1.82) is 0 Å². The largest absolute Gasteiger partial charge is 0.295 e. The first-order valence-corrected chi connectivity index (χ1v) is 7.62. The van der Waals surface area contributed by atoms with Crippen LogP contribution in [0.15, 0.2) is 12.1 Å². The second kappa shape index (κ2) is 4.70. The topological polar surface area (TPSA) is 93.4 Å². The number of anilines is 1. The monoisotopic (exact) mass is 385 g/mol. The van der Waals surface area contributed by atoms with Crippen LogP contribution in [0.3, 0.4) is 0 Å². The lowest BCUT2D eigenvalue weighted by Crippen LogP contribution is -2.32. The SMILES string of the molecule is NS(=O)(=O)C1CC(=O)N(c2ccc(I)c(F)n2)C1. The number of rotatable bonds is 2. The Balaban J connectivity index is 2.30. The molecule has 1 atom stereocenters. The van der Waals surface area contributed by atoms with Gasteiger partial charge in [-0.2, -0.15) is 4.39 Å². The summed E-state index contributed by atoms with van der Waals surface area (Å²) in [5, 5.41) is 4.03. The lowest BCUT2D eigenvalue weighted by molar-refractivity contribution is -0.117. The quantitative estimate of drug-likeness (QED) is 0.582. The van der Waals surface area contributed by atoms with Gasteiger partial charge < -0.3 is 0 Å². The Hall–Kier alpha value is -0.810. The molecule has 0 aromatic carbocycles. The summed E-state index contributed by atoms with van der Waals surface area (Å²) in [6, 6.07) is 2.93. The van der Waals surface area contributed by atoms with E-state index < -0.39 is 27.1 Å². The molecule has 1 fully saturated rings. The maximum absolute atomic E-state index is 13.3. The summed E-state index contributed by atoms with van der Waals surface area (Å²) in [6.45, 7) is -0.0926. The number of nitrogens with zero attached hydrogens (tertiary/aromatic N) is 2. The third-order valence-corrected chi connectivity index (χ3v) is 4.67. The highest BCUT2D eigenvalue weighted by molar-refractivity contribution is 14.1. The molecule has 0 radical (unpaired) electrons. The summed E-state index contributed by atoms with van der Waals surface area (Å²) in [7, 11) is -3.78. The minimum absolute atomic E-state index is 0.0926. The van der Waals surface area contributed by atoms with Gasteiger partial charge in [0.25, 0.3) is 0 Å². The van der Waals surface area contributed by atoms with Gasteiger partial charge in [-0.3, -0.25) is 9.69 Å². The van der Waals surface area contributed by atoms with Crippen molar-refractivity contribution in [2.75, 3.05) is 11.4 Å². The van der Waals surface area contributed by atoms with Crippen molar-refractivity contribution in [2.45, 2.75) is 11.7 Å². The molecule has 2 heterocycles. The number of amides is 1. The Bertz CT molecular complexity index is 607. The van der Waals surface area contributed by atoms with Gasteiger partial charge >= 0.3 is 0 Å². The first-order valence-electron chi connectivity index (χ1n) is 4.93. The molecule has 2 rings (SSSR count). The molecule has 0 aliphatic carbocycles. The van der Waals surface area contributed by atoms with Crippen LogP contribution in [0.5, 0.6) is 0 Å². The highest BCUT2D eigenvalue weighted by Crippen LogP contribution is 2.23. The van der Waals surface area contributed by atoms with Crippen molar-refractivity contribution >= 4 is 44.3 Å². The van der Waals surface area contributed by atoms with E-state index in [2.05, 4.69) is 4.98 Å². The first kappa shape index (κ1) is 13.6. The van der Waals surface area contributed by atoms with E-state index in [1.54, 1.807) is 22.6 Å². The van der Waals surface area contributed by atoms with Crippen LogP contribution in [0.2, 0.25) is 0 Å². The number of pyridine rings is 1. The van der Waals surface area contributed by atoms with Gasteiger partial charge in [-0.05, 0) is 34.7 Å². The van der Waals surface area contributed by atoms with Crippen LogP contribution in [0.4, 0.5) is 10.2 Å². The van der Waals surface area contributed by atoms with E-state index in [-0.39, 0.29) is 18.8 Å². The zero-order valence-electron chi connectivity index (χ0n) is 9.01. The van der Waals surface area contributed by atoms with E-state index in [0.717, 1.165) is 4.90 Å². The summed E-state index contributed by atoms with van der Waals surface area (Å²) in [5.74, 6) is -1.02. The zero-order valence-corrected chi connectivity index (χ0v) is 12.0. The van der Waals surface area contributed by atoms with E-state index in [1.165, 1.54) is 12.1 Å². The first-order chi connectivity index (χ1) is 8.29. The highest BCUT2D eigenvalue weighted by atomic mass is 127. The van der Waals surface area contributed by atoms with Gasteiger partial charge in [-0.1, -0.05) is 0 Å². The van der Waals surface area contributed by atoms with Crippen LogP contribution in [0.1, 0.15) is 6.42 Å². The van der Waals surface area contributed by atoms with Crippen molar-refractivity contribution < 1.29 is 17.6 Å². The number of aromatic nitrogens is 1. The molecule has 98 valence electrons. The number of carbonyl (C=O) groups is 1. The summed E-state index contributed by atoms with van der Waals surface area (Å²) >= 11 is 1.77. The maximum atomic E-state index is 13.3. The van der Waals surface area contributed by atoms with E-state index >= 15 is 0 Å². The number of halogens is 2. The Morgan fingerprint density at radius 1 is 1.50 bits per heavy atom. The number of carbonyl (C=O) groups excluding carboxylic acids is 1. The molecule has 1 aliphatic heterocycles. The summed E-state index contributed by atoms with van der Waals surface area (Å²) in [5.41, 5.74) is 0. The number of sulfonamides is 1. The molecule has 9 heteroatoms. The third-order valence-electron chi connectivity index (χ3n) is 2.62. The number of primary sulfonamides is 1. The van der Waals surface area contributed by atoms with Gasteiger partial charge in [-0.25, -0.2) is 18.5 Å². The van der Waals surface area contributed by atoms with Crippen molar-refractivity contribution in [1.82, 2.24) is 4.98 Å². The Morgan fingerprint density at radius 2 is 2.17 bits per heavy atom. The van der Waals surface area contributed by atoms with E-state index in [9.17, 15) is 17.6 Å². The van der Waals surface area contributed by atoms with E-state index in [4.69, 9.17) is 5.14 Å². The van der Waals surface area contributed by atoms with Gasteiger partial charge in [0.05, 0.1) is 3.57 Å². The average Bonchev–Trinajstić information content (AvgIpc) is 2.64. The normalized spacial score (nSPS) is 20.5. The smallest absolute Gasteiger partial charge is 0.229 e. The summed E-state index contributed by atoms with van der Waals surface area (Å²) in [6.07, 6.45) is -0.200. The Morgan fingerprint density at radius 3 is 2.67 bits per heavy atom. The second-order valence-electron chi connectivity index (χ2n) is 3.86. The molecule has 2 N–H and O–H groups in total. The zero-order chi connectivity index (χ0) is 13.5. The van der Waals surface area contributed by atoms with Crippen LogP contribution < -0.4 is 10.0 Å². The Kier molecular flexibility index (Phi) is 3.56. The molecule has 1 aromatic heterocycles. The molecule has 6 nitrogen and oxygen atoms in total. The molecule has 18 heavy (non-hydrogen) atoms. The number of hydrogen-bond acceptors (Lipinski definition) is 4. The maximum Gasteiger partial charge on any atom is 0.229 e. The summed E-state index contributed by atoms with van der Waals surface area (Å²) < 4.78 is 36.0. The van der Waals surface area contributed by atoms with Crippen molar-refractivity contribution in [2.24, 2.45) is 5.14 Å². The predicted molar refractivity (Wildman–Crippen MR) is 70.8 cm³/mol. The molecular formula is C9H9FIN3O3S. The van der Waals surface area contributed by atoms with E-state index in [0.29, 0.717) is 3.57 Å². The molecule has 1 saturated heterocycles. The second-order valence-corrected chi connectivity index (χ2v) is 6.87. The molecule has 0 saturated carbocycles. The van der Waals surface area contributed by atoms with Gasteiger partial charge in [0.15, 0.2) is 0 Å². The van der Waals surface area contributed by atoms with Gasteiger partial charge in [-0.15, -0.1) is 0 Å². The van der Waals surface area contributed by atoms with Crippen LogP contribution in [0, 0.1) is 9.52 Å². The minimum atomic E-state index is -3.78. The molecular weight excluding hydrogens is 376 g/mol. The minimum Gasteiger partial charge on any atom is -0.295 e. The third kappa shape index (κ3) is 2.62. The van der Waals surface area contributed by atoms with Crippen LogP contribution in [0.25, 0.3) is 0 Å². The standard InChI is InChI=1S/C9H9FIN3O3S/c10-9-6(11)1-2-7(13-9)14-4-5(3-8(14)15)18(12,16)17/h1-2,5H,3-4H2,(H2,12,16,17). The van der Waals surface area contributed by atoms with Crippen LogP contribution >= 0.6 is 22.6 Å². The molecule has 1 unspecified atom stereocenters. The fourth-order valence-electron chi connectivity index (χ4n) is 1.67. The fraction of sp³-hybridized carbons (Fsp3) is 0.333. The van der Waals surface area contributed by atoms with Crippen molar-refractivity contribution in [3.05, 3.63) is 21.7 Å². The fourth-order valence-corrected chi connectivity index (χ4v) is 2.71. The molecule has 1 aliphatic rings. The number of nitrogens with two attached hydrogens (primary N) is 1. The average molecular weight is 385 g/mol. The van der Waals surface area contributed by atoms with Crippen molar-refractivity contribution in [3.8, 4) is 0 Å². The van der Waals surface area contributed by atoms with Crippen LogP contribution in [-0.4, -0.2) is 31.1 Å². The van der Waals surface area contributed by atoms with E-state index in [1.807, 2.05) is 0 Å². The molecule has 0 bridgehead atoms. The van der Waals surface area contributed by atoms with Gasteiger partial charge in [0, 0.05) is 13.0 Å². The molecule has 0 spiro atoms. The summed E-state index contributed by atoms with van der Waals surface area (Å²) in [4.78, 5) is 16.4. The highest BCUT2D eigenvalue weighted by Gasteiger charge is 2.37. The number of hydrogen-bond donors (Lipinski definition) is 1. The molecule has 1 amide bonds. The van der Waals surface area contributed by atoms with Crippen molar-refractivity contribution in [3.63, 3.8) is 0 Å². The Labute approximate surface area is 117 Å². The van der Waals surface area contributed by atoms with Gasteiger partial charge in [0.2, 0.25) is 21.9 Å².